The van der Waals surface area contributed by atoms with Crippen molar-refractivity contribution >= 4 is 11.6 Å². The molecular weight excluding hydrogens is 236 g/mol. The molecule has 0 fully saturated rings. The maximum atomic E-state index is 12.1. The summed E-state index contributed by atoms with van der Waals surface area (Å²) in [4.78, 5) is 12.1. The van der Waals surface area contributed by atoms with Crippen molar-refractivity contribution in [2.24, 2.45) is 5.92 Å². The fraction of sp³-hybridized carbons (Fsp3) is 0.562. The van der Waals surface area contributed by atoms with Gasteiger partial charge < -0.3 is 10.6 Å². The molecule has 0 unspecified atom stereocenters. The topological polar surface area (TPSA) is 41.1 Å². The summed E-state index contributed by atoms with van der Waals surface area (Å²) in [5.74, 6) is 0.694. The number of rotatable bonds is 7. The smallest absolute Gasteiger partial charge is 0.253 e. The normalized spacial score (nSPS) is 10.8. The van der Waals surface area contributed by atoms with Gasteiger partial charge in [0.1, 0.15) is 0 Å². The van der Waals surface area contributed by atoms with Crippen molar-refractivity contribution < 1.29 is 4.79 Å². The third-order valence-electron chi connectivity index (χ3n) is 2.86. The minimum Gasteiger partial charge on any atom is -0.382 e. The second kappa shape index (κ2) is 7.82. The zero-order chi connectivity index (χ0) is 14.3. The Hall–Kier alpha value is -1.51. The first-order valence-corrected chi connectivity index (χ1v) is 7.14. The van der Waals surface area contributed by atoms with Crippen LogP contribution in [0.15, 0.2) is 24.3 Å². The number of carbonyl (C=O) groups is 1. The van der Waals surface area contributed by atoms with Crippen LogP contribution in [0.1, 0.15) is 50.9 Å². The van der Waals surface area contributed by atoms with E-state index in [9.17, 15) is 4.79 Å². The third-order valence-corrected chi connectivity index (χ3v) is 2.86. The highest BCUT2D eigenvalue weighted by molar-refractivity contribution is 5.99. The van der Waals surface area contributed by atoms with Crippen LogP contribution in [-0.4, -0.2) is 18.5 Å². The van der Waals surface area contributed by atoms with E-state index in [4.69, 9.17) is 0 Å². The zero-order valence-corrected chi connectivity index (χ0v) is 12.5. The largest absolute Gasteiger partial charge is 0.382 e. The highest BCUT2D eigenvalue weighted by Crippen LogP contribution is 2.16. The van der Waals surface area contributed by atoms with Crippen LogP contribution < -0.4 is 10.6 Å². The number of hydrogen-bond donors (Lipinski definition) is 2. The summed E-state index contributed by atoms with van der Waals surface area (Å²) in [6.45, 7) is 9.27. The van der Waals surface area contributed by atoms with E-state index >= 15 is 0 Å². The molecule has 0 atom stereocenters. The van der Waals surface area contributed by atoms with Gasteiger partial charge >= 0.3 is 0 Å². The molecule has 0 heterocycles. The Morgan fingerprint density at radius 1 is 1.16 bits per heavy atom. The maximum absolute atomic E-state index is 12.1. The van der Waals surface area contributed by atoms with Gasteiger partial charge in [-0.2, -0.15) is 0 Å². The van der Waals surface area contributed by atoms with E-state index in [-0.39, 0.29) is 5.91 Å². The summed E-state index contributed by atoms with van der Waals surface area (Å²) in [6, 6.07) is 7.97. The van der Waals surface area contributed by atoms with E-state index in [0.717, 1.165) is 30.6 Å². The number of para-hydroxylation sites is 1. The van der Waals surface area contributed by atoms with Crippen LogP contribution in [0.2, 0.25) is 0 Å². The summed E-state index contributed by atoms with van der Waals surface area (Å²) in [5.41, 5.74) is 1.62. The lowest BCUT2D eigenvalue weighted by atomic mass is 10.1. The number of carbonyl (C=O) groups excluding carboxylic acids is 1. The second-order valence-corrected chi connectivity index (χ2v) is 5.64. The van der Waals surface area contributed by atoms with Gasteiger partial charge in [0.25, 0.3) is 5.91 Å². The van der Waals surface area contributed by atoms with Gasteiger partial charge in [-0.15, -0.1) is 0 Å². The van der Waals surface area contributed by atoms with Crippen LogP contribution in [0.4, 0.5) is 5.69 Å². The zero-order valence-electron chi connectivity index (χ0n) is 12.5. The molecule has 3 heteroatoms. The lowest BCUT2D eigenvalue weighted by Gasteiger charge is -2.14. The Morgan fingerprint density at radius 2 is 1.84 bits per heavy atom. The Morgan fingerprint density at radius 3 is 2.47 bits per heavy atom. The molecule has 0 aliphatic heterocycles. The molecule has 2 N–H and O–H groups in total. The second-order valence-electron chi connectivity index (χ2n) is 5.64. The fourth-order valence-electron chi connectivity index (χ4n) is 1.93. The summed E-state index contributed by atoms with van der Waals surface area (Å²) in [6.07, 6.45) is 2.18. The summed E-state index contributed by atoms with van der Waals surface area (Å²) in [5, 5.41) is 6.29. The molecule has 0 bridgehead atoms. The lowest BCUT2D eigenvalue weighted by molar-refractivity contribution is 0.0953. The predicted molar refractivity (Wildman–Crippen MR) is 81.6 cm³/mol. The van der Waals surface area contributed by atoms with Gasteiger partial charge in [0.15, 0.2) is 0 Å². The lowest BCUT2D eigenvalue weighted by Crippen LogP contribution is -2.26. The van der Waals surface area contributed by atoms with Gasteiger partial charge in [0.2, 0.25) is 0 Å². The maximum Gasteiger partial charge on any atom is 0.253 e. The molecule has 0 aliphatic rings. The average molecular weight is 262 g/mol. The van der Waals surface area contributed by atoms with Crippen molar-refractivity contribution in [2.75, 3.05) is 11.9 Å². The molecule has 0 saturated heterocycles. The molecule has 3 nitrogen and oxygen atoms in total. The van der Waals surface area contributed by atoms with Crippen molar-refractivity contribution in [3.05, 3.63) is 29.8 Å². The summed E-state index contributed by atoms with van der Waals surface area (Å²) < 4.78 is 0. The average Bonchev–Trinajstić information content (AvgIpc) is 2.34. The summed E-state index contributed by atoms with van der Waals surface area (Å²) >= 11 is 0. The summed E-state index contributed by atoms with van der Waals surface area (Å²) in [7, 11) is 0. The number of nitrogens with one attached hydrogen (secondary N) is 2. The highest BCUT2D eigenvalue weighted by Gasteiger charge is 2.10. The Balaban J connectivity index is 2.56. The Labute approximate surface area is 116 Å². The molecule has 0 aliphatic carbocycles. The number of benzene rings is 1. The molecule has 1 aromatic carbocycles. The number of hydrogen-bond acceptors (Lipinski definition) is 2. The van der Waals surface area contributed by atoms with Crippen LogP contribution in [0, 0.1) is 5.92 Å². The molecule has 0 radical (unpaired) electrons. The Kier molecular flexibility index (Phi) is 6.40. The molecule has 1 rings (SSSR count). The number of amides is 1. The van der Waals surface area contributed by atoms with Crippen molar-refractivity contribution in [1.29, 1.82) is 0 Å². The van der Waals surface area contributed by atoms with Gasteiger partial charge in [0.05, 0.1) is 5.56 Å². The van der Waals surface area contributed by atoms with Gasteiger partial charge in [-0.05, 0) is 44.7 Å². The van der Waals surface area contributed by atoms with Crippen LogP contribution in [-0.2, 0) is 0 Å². The van der Waals surface area contributed by atoms with Gasteiger partial charge in [-0.25, -0.2) is 0 Å². The molecule has 0 spiro atoms. The van der Waals surface area contributed by atoms with Crippen LogP contribution in [0.3, 0.4) is 0 Å². The van der Waals surface area contributed by atoms with Crippen LogP contribution >= 0.6 is 0 Å². The van der Waals surface area contributed by atoms with Crippen molar-refractivity contribution in [3.8, 4) is 0 Å². The van der Waals surface area contributed by atoms with E-state index in [1.54, 1.807) is 0 Å². The van der Waals surface area contributed by atoms with Crippen LogP contribution in [0.25, 0.3) is 0 Å². The minimum atomic E-state index is 0.00695. The first-order chi connectivity index (χ1) is 9.00. The first kappa shape index (κ1) is 15.5. The first-order valence-electron chi connectivity index (χ1n) is 7.14. The number of anilines is 1. The highest BCUT2D eigenvalue weighted by atomic mass is 16.1. The van der Waals surface area contributed by atoms with Gasteiger partial charge in [-0.1, -0.05) is 26.0 Å². The standard InChI is InChI=1S/C16H26N2O/c1-12(2)8-7-11-17-16(19)14-9-5-6-10-15(14)18-13(3)4/h5-6,9-10,12-13,18H,7-8,11H2,1-4H3,(H,17,19). The quantitative estimate of drug-likeness (QED) is 0.736. The molecule has 1 aromatic rings. The molecule has 1 amide bonds. The van der Waals surface area contributed by atoms with Gasteiger partial charge in [0, 0.05) is 18.3 Å². The fourth-order valence-corrected chi connectivity index (χ4v) is 1.93. The molecule has 106 valence electrons. The molecule has 0 saturated carbocycles. The Bertz CT molecular complexity index is 399. The van der Waals surface area contributed by atoms with E-state index in [0.29, 0.717) is 12.0 Å². The van der Waals surface area contributed by atoms with Crippen molar-refractivity contribution in [2.45, 2.75) is 46.6 Å². The molecule has 19 heavy (non-hydrogen) atoms. The van der Waals surface area contributed by atoms with Crippen molar-refractivity contribution in [1.82, 2.24) is 5.32 Å². The van der Waals surface area contributed by atoms with E-state index < -0.39 is 0 Å². The van der Waals surface area contributed by atoms with Gasteiger partial charge in [-0.3, -0.25) is 4.79 Å². The minimum absolute atomic E-state index is 0.00695. The predicted octanol–water partition coefficient (Wildman–Crippen LogP) is 3.67. The van der Waals surface area contributed by atoms with E-state index in [1.807, 2.05) is 24.3 Å². The monoisotopic (exact) mass is 262 g/mol. The SMILES string of the molecule is CC(C)CCCNC(=O)c1ccccc1NC(C)C. The molecule has 0 aromatic heterocycles. The van der Waals surface area contributed by atoms with Crippen LogP contribution in [0.5, 0.6) is 0 Å². The third kappa shape index (κ3) is 5.77. The molecular formula is C16H26N2O. The van der Waals surface area contributed by atoms with Crippen molar-refractivity contribution in [3.63, 3.8) is 0 Å². The van der Waals surface area contributed by atoms with E-state index in [1.165, 1.54) is 0 Å². The van der Waals surface area contributed by atoms with E-state index in [2.05, 4.69) is 38.3 Å².